The van der Waals surface area contributed by atoms with E-state index < -0.39 is 0 Å². The average Bonchev–Trinajstić information content (AvgIpc) is 3.12. The van der Waals surface area contributed by atoms with E-state index in [4.69, 9.17) is 4.98 Å². The van der Waals surface area contributed by atoms with E-state index in [9.17, 15) is 0 Å². The summed E-state index contributed by atoms with van der Waals surface area (Å²) < 4.78 is 2.45. The molecule has 142 valence electrons. The lowest BCUT2D eigenvalue weighted by molar-refractivity contribution is 1.14. The number of hydrogen-bond acceptors (Lipinski definition) is 2. The van der Waals surface area contributed by atoms with Crippen molar-refractivity contribution in [1.29, 1.82) is 0 Å². The molecule has 0 amide bonds. The molecular formula is C27H19N3. The number of benzene rings is 4. The van der Waals surface area contributed by atoms with E-state index >= 15 is 0 Å². The molecule has 0 spiro atoms. The van der Waals surface area contributed by atoms with E-state index in [0.29, 0.717) is 0 Å². The minimum atomic E-state index is 1.08. The number of fused-ring (bicyclic) bond motifs is 7. The van der Waals surface area contributed by atoms with Crippen LogP contribution in [-0.4, -0.2) is 23.5 Å². The van der Waals surface area contributed by atoms with Gasteiger partial charge in [0.05, 0.1) is 22.1 Å². The van der Waals surface area contributed by atoms with Gasteiger partial charge < -0.3 is 9.30 Å². The first-order valence-electron chi connectivity index (χ1n) is 10.3. The molecule has 7 rings (SSSR count). The van der Waals surface area contributed by atoms with Gasteiger partial charge in [-0.25, -0.2) is 0 Å². The van der Waals surface area contributed by atoms with Gasteiger partial charge in [0.25, 0.3) is 0 Å². The van der Waals surface area contributed by atoms with Crippen LogP contribution in [0.1, 0.15) is 0 Å². The molecule has 3 aromatic heterocycles. The van der Waals surface area contributed by atoms with E-state index in [1.807, 2.05) is 6.20 Å². The van der Waals surface area contributed by atoms with E-state index in [2.05, 4.69) is 96.2 Å². The molecule has 0 saturated heterocycles. The highest BCUT2D eigenvalue weighted by molar-refractivity contribution is 6.29. The zero-order valence-electron chi connectivity index (χ0n) is 16.8. The predicted octanol–water partition coefficient (Wildman–Crippen LogP) is 6.60. The summed E-state index contributed by atoms with van der Waals surface area (Å²) in [6.45, 7) is 0. The highest BCUT2D eigenvalue weighted by atomic mass is 15.1. The van der Waals surface area contributed by atoms with Crippen LogP contribution in [0.5, 0.6) is 0 Å². The van der Waals surface area contributed by atoms with Crippen molar-refractivity contribution in [1.82, 2.24) is 9.38 Å². The maximum absolute atomic E-state index is 4.87. The topological polar surface area (TPSA) is 20.5 Å². The summed E-state index contributed by atoms with van der Waals surface area (Å²) in [5.41, 5.74) is 6.05. The number of anilines is 1. The Morgan fingerprint density at radius 2 is 1.53 bits per heavy atom. The zero-order valence-corrected chi connectivity index (χ0v) is 16.8. The molecule has 0 saturated carbocycles. The Bertz CT molecular complexity index is 1770. The second-order valence-corrected chi connectivity index (χ2v) is 8.34. The van der Waals surface area contributed by atoms with E-state index in [0.717, 1.165) is 5.52 Å². The quantitative estimate of drug-likeness (QED) is 0.234. The highest BCUT2D eigenvalue weighted by Crippen LogP contribution is 2.43. The summed E-state index contributed by atoms with van der Waals surface area (Å²) in [7, 11) is 4.24. The monoisotopic (exact) mass is 385 g/mol. The fourth-order valence-corrected chi connectivity index (χ4v) is 5.23. The van der Waals surface area contributed by atoms with Crippen LogP contribution < -0.4 is 4.90 Å². The van der Waals surface area contributed by atoms with E-state index in [1.54, 1.807) is 0 Å². The Morgan fingerprint density at radius 3 is 2.37 bits per heavy atom. The van der Waals surface area contributed by atoms with Crippen molar-refractivity contribution in [2.45, 2.75) is 0 Å². The maximum atomic E-state index is 4.87. The molecule has 0 radical (unpaired) electrons. The van der Waals surface area contributed by atoms with Crippen molar-refractivity contribution in [3.63, 3.8) is 0 Å². The summed E-state index contributed by atoms with van der Waals surface area (Å²) >= 11 is 0. The van der Waals surface area contributed by atoms with Gasteiger partial charge in [-0.15, -0.1) is 0 Å². The molecule has 30 heavy (non-hydrogen) atoms. The lowest BCUT2D eigenvalue weighted by Gasteiger charge is -2.14. The lowest BCUT2D eigenvalue weighted by atomic mass is 10.0. The Morgan fingerprint density at radius 1 is 0.700 bits per heavy atom. The Balaban J connectivity index is 1.91. The summed E-state index contributed by atoms with van der Waals surface area (Å²) in [6.07, 6.45) is 1.94. The van der Waals surface area contributed by atoms with E-state index in [-0.39, 0.29) is 0 Å². The van der Waals surface area contributed by atoms with E-state index in [1.165, 1.54) is 59.9 Å². The van der Waals surface area contributed by atoms with Crippen LogP contribution >= 0.6 is 0 Å². The fourth-order valence-electron chi connectivity index (χ4n) is 5.23. The number of pyridine rings is 2. The van der Waals surface area contributed by atoms with Crippen LogP contribution in [0.25, 0.3) is 59.8 Å². The molecule has 0 aliphatic rings. The second kappa shape index (κ2) is 5.39. The van der Waals surface area contributed by atoms with Crippen molar-refractivity contribution >= 4 is 65.5 Å². The molecule has 3 heteroatoms. The van der Waals surface area contributed by atoms with Crippen molar-refractivity contribution < 1.29 is 0 Å². The molecule has 0 atom stereocenters. The maximum Gasteiger partial charge on any atom is 0.0822 e. The van der Waals surface area contributed by atoms with Gasteiger partial charge >= 0.3 is 0 Å². The molecule has 7 aromatic rings. The summed E-state index contributed by atoms with van der Waals surface area (Å²) in [6, 6.07) is 26.5. The first-order valence-corrected chi connectivity index (χ1v) is 10.3. The molecule has 4 aromatic carbocycles. The molecular weight excluding hydrogens is 366 g/mol. The van der Waals surface area contributed by atoms with Crippen LogP contribution in [0.4, 0.5) is 5.69 Å². The van der Waals surface area contributed by atoms with Gasteiger partial charge in [0.1, 0.15) is 0 Å². The van der Waals surface area contributed by atoms with Crippen LogP contribution in [-0.2, 0) is 0 Å². The van der Waals surface area contributed by atoms with Gasteiger partial charge in [0.2, 0.25) is 0 Å². The van der Waals surface area contributed by atoms with Gasteiger partial charge in [0, 0.05) is 47.5 Å². The number of aromatic nitrogens is 2. The Hall–Kier alpha value is -3.85. The molecule has 0 unspecified atom stereocenters. The number of nitrogens with zero attached hydrogens (tertiary/aromatic N) is 3. The van der Waals surface area contributed by atoms with Crippen molar-refractivity contribution in [2.75, 3.05) is 19.0 Å². The third kappa shape index (κ3) is 1.83. The second-order valence-electron chi connectivity index (χ2n) is 8.34. The highest BCUT2D eigenvalue weighted by Gasteiger charge is 2.20. The third-order valence-electron chi connectivity index (χ3n) is 6.50. The van der Waals surface area contributed by atoms with Gasteiger partial charge in [-0.1, -0.05) is 42.5 Å². The number of hydrogen-bond donors (Lipinski definition) is 0. The molecule has 0 N–H and O–H groups in total. The van der Waals surface area contributed by atoms with Crippen molar-refractivity contribution in [3.05, 3.63) is 79.0 Å². The summed E-state index contributed by atoms with van der Waals surface area (Å²) in [5, 5.41) is 8.77. The van der Waals surface area contributed by atoms with Gasteiger partial charge in [-0.05, 0) is 46.5 Å². The molecule has 0 aliphatic carbocycles. The van der Waals surface area contributed by atoms with Gasteiger partial charge in [-0.2, -0.15) is 0 Å². The summed E-state index contributed by atoms with van der Waals surface area (Å²) in [5.74, 6) is 0. The molecule has 3 heterocycles. The summed E-state index contributed by atoms with van der Waals surface area (Å²) in [4.78, 5) is 7.08. The minimum absolute atomic E-state index is 1.08. The Kier molecular flexibility index (Phi) is 2.88. The van der Waals surface area contributed by atoms with Crippen molar-refractivity contribution in [2.24, 2.45) is 0 Å². The van der Waals surface area contributed by atoms with Gasteiger partial charge in [0.15, 0.2) is 0 Å². The molecule has 0 fully saturated rings. The predicted molar refractivity (Wildman–Crippen MR) is 128 cm³/mol. The standard InChI is InChI=1S/C27H19N3/c1-29(2)21-8-5-9-22-25(21)19-11-10-16-12-13-28-26-20-14-17-6-3-4-7-18(17)15-23(20)30(22)27(19)24(16)26/h3-15H,1-2H3. The smallest absolute Gasteiger partial charge is 0.0822 e. The molecule has 0 aliphatic heterocycles. The van der Waals surface area contributed by atoms with Crippen LogP contribution in [0.2, 0.25) is 0 Å². The van der Waals surface area contributed by atoms with Crippen LogP contribution in [0, 0.1) is 0 Å². The van der Waals surface area contributed by atoms with Crippen LogP contribution in [0.3, 0.4) is 0 Å². The number of rotatable bonds is 1. The lowest BCUT2D eigenvalue weighted by Crippen LogP contribution is -2.08. The average molecular weight is 385 g/mol. The first kappa shape index (κ1) is 16.0. The zero-order chi connectivity index (χ0) is 20.0. The Labute approximate surface area is 173 Å². The largest absolute Gasteiger partial charge is 0.377 e. The first-order chi connectivity index (χ1) is 14.7. The fraction of sp³-hybridized carbons (Fsp3) is 0.0741. The minimum Gasteiger partial charge on any atom is -0.377 e. The van der Waals surface area contributed by atoms with Crippen molar-refractivity contribution in [3.8, 4) is 0 Å². The van der Waals surface area contributed by atoms with Crippen LogP contribution in [0.15, 0.2) is 79.0 Å². The third-order valence-corrected chi connectivity index (χ3v) is 6.50. The molecule has 0 bridgehead atoms. The van der Waals surface area contributed by atoms with Gasteiger partial charge in [-0.3, -0.25) is 4.98 Å². The SMILES string of the molecule is CN(C)c1cccc2c1c1ccc3ccnc4c5cc6ccccc6cc5n2c1c34. The normalized spacial score (nSPS) is 12.3. The molecule has 3 nitrogen and oxygen atoms in total.